The van der Waals surface area contributed by atoms with E-state index in [0.717, 1.165) is 16.7 Å². The van der Waals surface area contributed by atoms with Crippen molar-refractivity contribution >= 4 is 84.8 Å². The zero-order valence-electron chi connectivity index (χ0n) is 30.4. The molecule has 0 aliphatic rings. The Hall–Kier alpha value is -6.99. The third-order valence-electron chi connectivity index (χ3n) is 11.1. The quantitative estimate of drug-likeness (QED) is 0.175. The van der Waals surface area contributed by atoms with Gasteiger partial charge in [-0.15, -0.1) is 22.7 Å². The number of aromatic nitrogens is 4. The minimum Gasteiger partial charge on any atom is -0.308 e. The molecule has 0 fully saturated rings. The number of hydrogen-bond donors (Lipinski definition) is 0. The Morgan fingerprint density at radius 1 is 0.333 bits per heavy atom. The lowest BCUT2D eigenvalue weighted by atomic mass is 10.0. The molecule has 4 nitrogen and oxygen atoms in total. The van der Waals surface area contributed by atoms with E-state index in [0.29, 0.717) is 17.5 Å². The first-order valence-electron chi connectivity index (χ1n) is 19.0. The van der Waals surface area contributed by atoms with Gasteiger partial charge < -0.3 is 4.57 Å². The highest BCUT2D eigenvalue weighted by Crippen LogP contribution is 2.45. The van der Waals surface area contributed by atoms with Crippen LogP contribution in [0.4, 0.5) is 0 Å². The molecule has 12 rings (SSSR count). The van der Waals surface area contributed by atoms with E-state index in [1.54, 1.807) is 0 Å². The Morgan fingerprint density at radius 2 is 0.825 bits per heavy atom. The average Bonchev–Trinajstić information content (AvgIpc) is 3.96. The standard InChI is InChI=1S/C51H30N4S2/c1-3-13-31(14-4-1)49-52-50(32-15-5-2-6-16-32)54-51(53-49)34-26-28-39-38-27-25-33(29-45(38)56-46(39)30-34)35-19-11-20-40-41-21-12-24-44(48(41)57-47(35)40)55-42-22-9-7-17-36(42)37-18-8-10-23-43(37)55/h1-30H. The maximum absolute atomic E-state index is 4.99. The van der Waals surface area contributed by atoms with Gasteiger partial charge in [0.15, 0.2) is 17.5 Å². The average molecular weight is 763 g/mol. The molecule has 0 aliphatic heterocycles. The van der Waals surface area contributed by atoms with Gasteiger partial charge in [-0.25, -0.2) is 15.0 Å². The fourth-order valence-electron chi connectivity index (χ4n) is 8.41. The van der Waals surface area contributed by atoms with E-state index >= 15 is 0 Å². The highest BCUT2D eigenvalue weighted by atomic mass is 32.1. The summed E-state index contributed by atoms with van der Waals surface area (Å²) in [7, 11) is 0. The summed E-state index contributed by atoms with van der Waals surface area (Å²) in [5.41, 5.74) is 9.06. The van der Waals surface area contributed by atoms with Crippen molar-refractivity contribution in [3.8, 4) is 51.0 Å². The highest BCUT2D eigenvalue weighted by Gasteiger charge is 2.19. The summed E-state index contributed by atoms with van der Waals surface area (Å²) >= 11 is 3.72. The monoisotopic (exact) mass is 762 g/mol. The van der Waals surface area contributed by atoms with Crippen LogP contribution in [-0.4, -0.2) is 19.5 Å². The number of rotatable bonds is 5. The van der Waals surface area contributed by atoms with Gasteiger partial charge in [0, 0.05) is 63.1 Å². The first-order valence-corrected chi connectivity index (χ1v) is 20.7. The minimum atomic E-state index is 0.665. The molecule has 0 spiro atoms. The Balaban J connectivity index is 0.982. The van der Waals surface area contributed by atoms with E-state index in [2.05, 4.69) is 126 Å². The topological polar surface area (TPSA) is 43.6 Å². The molecule has 266 valence electrons. The van der Waals surface area contributed by atoms with Gasteiger partial charge in [-0.05, 0) is 41.5 Å². The molecule has 0 unspecified atom stereocenters. The van der Waals surface area contributed by atoms with Gasteiger partial charge in [-0.1, -0.05) is 152 Å². The van der Waals surface area contributed by atoms with Crippen LogP contribution < -0.4 is 0 Å². The van der Waals surface area contributed by atoms with Crippen LogP contribution in [0.1, 0.15) is 0 Å². The lowest BCUT2D eigenvalue weighted by Crippen LogP contribution is -1.99. The minimum absolute atomic E-state index is 0.665. The van der Waals surface area contributed by atoms with Crippen LogP contribution in [0.5, 0.6) is 0 Å². The summed E-state index contributed by atoms with van der Waals surface area (Å²) in [5.74, 6) is 2.00. The number of fused-ring (bicyclic) bond motifs is 9. The number of thiophene rings is 2. The molecule has 0 saturated carbocycles. The Kier molecular flexibility index (Phi) is 7.24. The highest BCUT2D eigenvalue weighted by molar-refractivity contribution is 7.27. The molecule has 8 aromatic carbocycles. The fourth-order valence-corrected chi connectivity index (χ4v) is 10.9. The van der Waals surface area contributed by atoms with E-state index in [1.807, 2.05) is 83.3 Å². The molecule has 6 heteroatoms. The van der Waals surface area contributed by atoms with Gasteiger partial charge in [0.25, 0.3) is 0 Å². The van der Waals surface area contributed by atoms with Crippen LogP contribution in [0.15, 0.2) is 182 Å². The zero-order chi connectivity index (χ0) is 37.5. The first-order chi connectivity index (χ1) is 28.2. The van der Waals surface area contributed by atoms with E-state index in [1.165, 1.54) is 79.0 Å². The van der Waals surface area contributed by atoms with Crippen molar-refractivity contribution in [2.24, 2.45) is 0 Å². The summed E-state index contributed by atoms with van der Waals surface area (Å²) in [4.78, 5) is 14.9. The van der Waals surface area contributed by atoms with Gasteiger partial charge in [0.05, 0.1) is 21.4 Å². The number of para-hydroxylation sites is 2. The molecular formula is C51H30N4S2. The lowest BCUT2D eigenvalue weighted by Gasteiger charge is -2.09. The number of benzene rings is 8. The summed E-state index contributed by atoms with van der Waals surface area (Å²) in [6, 6.07) is 64.9. The van der Waals surface area contributed by atoms with Crippen molar-refractivity contribution in [3.63, 3.8) is 0 Å². The summed E-state index contributed by atoms with van der Waals surface area (Å²) in [5, 5.41) is 7.62. The maximum Gasteiger partial charge on any atom is 0.164 e. The Labute approximate surface area is 335 Å². The van der Waals surface area contributed by atoms with Crippen molar-refractivity contribution in [2.45, 2.75) is 0 Å². The maximum atomic E-state index is 4.99. The van der Waals surface area contributed by atoms with Crippen molar-refractivity contribution in [1.29, 1.82) is 0 Å². The summed E-state index contributed by atoms with van der Waals surface area (Å²) in [6.07, 6.45) is 0. The molecule has 0 bridgehead atoms. The smallest absolute Gasteiger partial charge is 0.164 e. The molecule has 4 aromatic heterocycles. The zero-order valence-corrected chi connectivity index (χ0v) is 32.1. The Morgan fingerprint density at radius 3 is 1.46 bits per heavy atom. The molecule has 0 amide bonds. The SMILES string of the molecule is c1ccc(-c2nc(-c3ccccc3)nc(-c3ccc4c(c3)sc3cc(-c5cccc6c5sc5c(-n7c8ccccc8c8ccccc87)cccc56)ccc34)n2)cc1. The largest absolute Gasteiger partial charge is 0.308 e. The number of hydrogen-bond acceptors (Lipinski definition) is 5. The second kappa shape index (κ2) is 12.8. The number of nitrogens with zero attached hydrogens (tertiary/aromatic N) is 4. The molecule has 0 N–H and O–H groups in total. The van der Waals surface area contributed by atoms with E-state index in [-0.39, 0.29) is 0 Å². The Bertz CT molecular complexity index is 3410. The van der Waals surface area contributed by atoms with Crippen LogP contribution in [0, 0.1) is 0 Å². The second-order valence-electron chi connectivity index (χ2n) is 14.4. The van der Waals surface area contributed by atoms with Crippen LogP contribution in [0.3, 0.4) is 0 Å². The third-order valence-corrected chi connectivity index (χ3v) is 13.5. The van der Waals surface area contributed by atoms with Gasteiger partial charge >= 0.3 is 0 Å². The molecule has 57 heavy (non-hydrogen) atoms. The summed E-state index contributed by atoms with van der Waals surface area (Å²) in [6.45, 7) is 0. The second-order valence-corrected chi connectivity index (χ2v) is 16.5. The molecule has 12 aromatic rings. The van der Waals surface area contributed by atoms with Crippen molar-refractivity contribution in [1.82, 2.24) is 19.5 Å². The molecular weight excluding hydrogens is 733 g/mol. The predicted octanol–water partition coefficient (Wildman–Crippen LogP) is 14.4. The van der Waals surface area contributed by atoms with E-state index in [9.17, 15) is 0 Å². The lowest BCUT2D eigenvalue weighted by molar-refractivity contribution is 1.07. The fraction of sp³-hybridized carbons (Fsp3) is 0. The van der Waals surface area contributed by atoms with Crippen LogP contribution in [0.25, 0.3) is 113 Å². The summed E-state index contributed by atoms with van der Waals surface area (Å²) < 4.78 is 7.52. The van der Waals surface area contributed by atoms with Gasteiger partial charge in [-0.3, -0.25) is 0 Å². The molecule has 0 atom stereocenters. The predicted molar refractivity (Wildman–Crippen MR) is 242 cm³/mol. The van der Waals surface area contributed by atoms with Crippen LogP contribution >= 0.6 is 22.7 Å². The normalized spacial score (nSPS) is 11.9. The van der Waals surface area contributed by atoms with Crippen LogP contribution in [-0.2, 0) is 0 Å². The van der Waals surface area contributed by atoms with Crippen LogP contribution in [0.2, 0.25) is 0 Å². The van der Waals surface area contributed by atoms with E-state index in [4.69, 9.17) is 15.0 Å². The molecule has 0 radical (unpaired) electrons. The van der Waals surface area contributed by atoms with Gasteiger partial charge in [-0.2, -0.15) is 0 Å². The van der Waals surface area contributed by atoms with Gasteiger partial charge in [0.2, 0.25) is 0 Å². The van der Waals surface area contributed by atoms with Gasteiger partial charge in [0.1, 0.15) is 0 Å². The molecule has 0 aliphatic carbocycles. The molecule has 0 saturated heterocycles. The van der Waals surface area contributed by atoms with Crippen molar-refractivity contribution < 1.29 is 0 Å². The van der Waals surface area contributed by atoms with Crippen molar-refractivity contribution in [2.75, 3.05) is 0 Å². The van der Waals surface area contributed by atoms with Crippen molar-refractivity contribution in [3.05, 3.63) is 182 Å². The molecule has 4 heterocycles. The third kappa shape index (κ3) is 5.15. The first kappa shape index (κ1) is 32.3. The van der Waals surface area contributed by atoms with E-state index < -0.39 is 0 Å².